The molecule has 2 nitrogen and oxygen atoms in total. The highest BCUT2D eigenvalue weighted by molar-refractivity contribution is 14.1. The van der Waals surface area contributed by atoms with Crippen LogP contribution in [0, 0.1) is 3.57 Å². The molecule has 0 atom stereocenters. The number of halogens is 1. The van der Waals surface area contributed by atoms with Crippen LogP contribution in [-0.4, -0.2) is 12.5 Å². The predicted octanol–water partition coefficient (Wildman–Crippen LogP) is 2.69. The van der Waals surface area contributed by atoms with Gasteiger partial charge in [-0.2, -0.15) is 0 Å². The Morgan fingerprint density at radius 1 is 1.47 bits per heavy atom. The molecular formula is C12H12INO. The molecule has 2 aliphatic rings. The minimum atomic E-state index is 0.169. The van der Waals surface area contributed by atoms with E-state index in [9.17, 15) is 4.79 Å². The third-order valence-electron chi connectivity index (χ3n) is 3.52. The summed E-state index contributed by atoms with van der Waals surface area (Å²) in [5, 5.41) is 0. The molecular weight excluding hydrogens is 301 g/mol. The van der Waals surface area contributed by atoms with Crippen LogP contribution >= 0.6 is 22.6 Å². The van der Waals surface area contributed by atoms with Gasteiger partial charge in [0.15, 0.2) is 0 Å². The monoisotopic (exact) mass is 313 g/mol. The van der Waals surface area contributed by atoms with E-state index >= 15 is 0 Å². The van der Waals surface area contributed by atoms with Crippen molar-refractivity contribution in [3.63, 3.8) is 0 Å². The van der Waals surface area contributed by atoms with Crippen LogP contribution in [0.25, 0.3) is 0 Å². The summed E-state index contributed by atoms with van der Waals surface area (Å²) in [5.74, 6) is 0.169. The van der Waals surface area contributed by atoms with E-state index in [0.29, 0.717) is 5.41 Å². The lowest BCUT2D eigenvalue weighted by Gasteiger charge is -2.15. The highest BCUT2D eigenvalue weighted by Gasteiger charge is 2.52. The Morgan fingerprint density at radius 3 is 2.80 bits per heavy atom. The summed E-state index contributed by atoms with van der Waals surface area (Å²) in [6.07, 6.45) is 2.48. The molecule has 1 aliphatic heterocycles. The van der Waals surface area contributed by atoms with Gasteiger partial charge >= 0.3 is 0 Å². The second-order valence-electron chi connectivity index (χ2n) is 4.55. The molecule has 0 radical (unpaired) electrons. The third kappa shape index (κ3) is 1.32. The van der Waals surface area contributed by atoms with Crippen molar-refractivity contribution in [1.29, 1.82) is 0 Å². The first-order chi connectivity index (χ1) is 7.12. The summed E-state index contributed by atoms with van der Waals surface area (Å²) in [6.45, 7) is 2.56. The maximum absolute atomic E-state index is 11.6. The highest BCUT2D eigenvalue weighted by atomic mass is 127. The number of hydrogen-bond acceptors (Lipinski definition) is 1. The standard InChI is InChI=1S/C12H12INO/c1-8(15)14-7-12(4-5-12)10-3-2-9(13)6-11(10)14/h2-3,6H,4-5,7H2,1H3. The maximum atomic E-state index is 11.6. The number of hydrogen-bond donors (Lipinski definition) is 0. The van der Waals surface area contributed by atoms with Gasteiger partial charge in [0, 0.05) is 28.1 Å². The van der Waals surface area contributed by atoms with Crippen molar-refractivity contribution in [2.75, 3.05) is 11.4 Å². The van der Waals surface area contributed by atoms with Crippen molar-refractivity contribution in [3.8, 4) is 0 Å². The molecule has 0 N–H and O–H groups in total. The Balaban J connectivity index is 2.16. The average Bonchev–Trinajstić information content (AvgIpc) is 2.86. The van der Waals surface area contributed by atoms with E-state index in [1.807, 2.05) is 4.90 Å². The van der Waals surface area contributed by atoms with Gasteiger partial charge < -0.3 is 4.90 Å². The zero-order valence-electron chi connectivity index (χ0n) is 8.59. The predicted molar refractivity (Wildman–Crippen MR) is 68.1 cm³/mol. The Kier molecular flexibility index (Phi) is 1.90. The van der Waals surface area contributed by atoms with Gasteiger partial charge in [0.1, 0.15) is 0 Å². The molecule has 0 unspecified atom stereocenters. The molecule has 0 bridgehead atoms. The van der Waals surface area contributed by atoms with E-state index in [0.717, 1.165) is 12.2 Å². The molecule has 1 heterocycles. The molecule has 1 aliphatic carbocycles. The minimum absolute atomic E-state index is 0.169. The average molecular weight is 313 g/mol. The molecule has 1 fully saturated rings. The Morgan fingerprint density at radius 2 is 2.20 bits per heavy atom. The van der Waals surface area contributed by atoms with Crippen LogP contribution < -0.4 is 4.90 Å². The minimum Gasteiger partial charge on any atom is -0.311 e. The normalized spacial score (nSPS) is 20.5. The zero-order chi connectivity index (χ0) is 10.6. The number of fused-ring (bicyclic) bond motifs is 2. The van der Waals surface area contributed by atoms with Gasteiger partial charge in [0.2, 0.25) is 5.91 Å². The third-order valence-corrected chi connectivity index (χ3v) is 4.19. The van der Waals surface area contributed by atoms with Crippen LogP contribution in [0.5, 0.6) is 0 Å². The van der Waals surface area contributed by atoms with Crippen molar-refractivity contribution in [2.45, 2.75) is 25.2 Å². The number of benzene rings is 1. The molecule has 1 saturated carbocycles. The first-order valence-corrected chi connectivity index (χ1v) is 6.28. The Labute approximate surface area is 103 Å². The van der Waals surface area contributed by atoms with Crippen LogP contribution in [0.3, 0.4) is 0 Å². The lowest BCUT2D eigenvalue weighted by atomic mass is 9.99. The van der Waals surface area contributed by atoms with Gasteiger partial charge in [-0.05, 0) is 53.1 Å². The SMILES string of the molecule is CC(=O)N1CC2(CC2)c2ccc(I)cc21. The van der Waals surface area contributed by atoms with Crippen molar-refractivity contribution < 1.29 is 4.79 Å². The van der Waals surface area contributed by atoms with Crippen molar-refractivity contribution in [2.24, 2.45) is 0 Å². The van der Waals surface area contributed by atoms with Crippen molar-refractivity contribution >= 4 is 34.2 Å². The lowest BCUT2D eigenvalue weighted by molar-refractivity contribution is -0.116. The lowest BCUT2D eigenvalue weighted by Crippen LogP contribution is -2.28. The maximum Gasteiger partial charge on any atom is 0.223 e. The molecule has 78 valence electrons. The largest absolute Gasteiger partial charge is 0.311 e. The van der Waals surface area contributed by atoms with E-state index in [1.54, 1.807) is 6.92 Å². The fourth-order valence-electron chi connectivity index (χ4n) is 2.51. The number of rotatable bonds is 0. The molecule has 1 spiro atoms. The zero-order valence-corrected chi connectivity index (χ0v) is 10.7. The van der Waals surface area contributed by atoms with Gasteiger partial charge in [0.25, 0.3) is 0 Å². The molecule has 1 aromatic rings. The van der Waals surface area contributed by atoms with E-state index in [2.05, 4.69) is 40.8 Å². The van der Waals surface area contributed by atoms with Gasteiger partial charge in [-0.15, -0.1) is 0 Å². The van der Waals surface area contributed by atoms with Crippen LogP contribution in [0.2, 0.25) is 0 Å². The summed E-state index contributed by atoms with van der Waals surface area (Å²) in [4.78, 5) is 13.5. The quantitative estimate of drug-likeness (QED) is 0.675. The summed E-state index contributed by atoms with van der Waals surface area (Å²) >= 11 is 2.30. The van der Waals surface area contributed by atoms with Gasteiger partial charge in [-0.1, -0.05) is 6.07 Å². The van der Waals surface area contributed by atoms with E-state index < -0.39 is 0 Å². The fraction of sp³-hybridized carbons (Fsp3) is 0.417. The number of nitrogens with zero attached hydrogens (tertiary/aromatic N) is 1. The smallest absolute Gasteiger partial charge is 0.223 e. The topological polar surface area (TPSA) is 20.3 Å². The number of anilines is 1. The molecule has 0 aromatic heterocycles. The number of carbonyl (C=O) groups excluding carboxylic acids is 1. The first-order valence-electron chi connectivity index (χ1n) is 5.21. The fourth-order valence-corrected chi connectivity index (χ4v) is 2.98. The molecule has 3 heteroatoms. The van der Waals surface area contributed by atoms with Crippen LogP contribution in [0.1, 0.15) is 25.3 Å². The summed E-state index contributed by atoms with van der Waals surface area (Å²) in [6, 6.07) is 6.47. The van der Waals surface area contributed by atoms with Gasteiger partial charge in [-0.25, -0.2) is 0 Å². The van der Waals surface area contributed by atoms with E-state index in [1.165, 1.54) is 22.0 Å². The molecule has 1 aromatic carbocycles. The molecule has 1 amide bonds. The van der Waals surface area contributed by atoms with Gasteiger partial charge in [0.05, 0.1) is 0 Å². The van der Waals surface area contributed by atoms with Crippen LogP contribution in [0.4, 0.5) is 5.69 Å². The van der Waals surface area contributed by atoms with E-state index in [4.69, 9.17) is 0 Å². The molecule has 0 saturated heterocycles. The Bertz CT molecular complexity index is 451. The summed E-state index contributed by atoms with van der Waals surface area (Å²) in [5.41, 5.74) is 2.86. The number of carbonyl (C=O) groups is 1. The highest BCUT2D eigenvalue weighted by Crippen LogP contribution is 2.56. The second kappa shape index (κ2) is 2.97. The summed E-state index contributed by atoms with van der Waals surface area (Å²) < 4.78 is 1.20. The Hall–Kier alpha value is -0.580. The van der Waals surface area contributed by atoms with Crippen molar-refractivity contribution in [1.82, 2.24) is 0 Å². The molecule has 15 heavy (non-hydrogen) atoms. The first kappa shape index (κ1) is 9.63. The second-order valence-corrected chi connectivity index (χ2v) is 5.79. The number of amides is 1. The van der Waals surface area contributed by atoms with E-state index in [-0.39, 0.29) is 5.91 Å². The summed E-state index contributed by atoms with van der Waals surface area (Å²) in [7, 11) is 0. The van der Waals surface area contributed by atoms with Crippen LogP contribution in [0.15, 0.2) is 18.2 Å². The molecule has 3 rings (SSSR count). The van der Waals surface area contributed by atoms with Gasteiger partial charge in [-0.3, -0.25) is 4.79 Å². The van der Waals surface area contributed by atoms with Crippen molar-refractivity contribution in [3.05, 3.63) is 27.3 Å². The van der Waals surface area contributed by atoms with Crippen LogP contribution in [-0.2, 0) is 10.2 Å².